The molecule has 0 aromatic heterocycles. The highest BCUT2D eigenvalue weighted by Gasteiger charge is 2.29. The summed E-state index contributed by atoms with van der Waals surface area (Å²) in [6.45, 7) is 8.34. The molecule has 3 rings (SSSR count). The van der Waals surface area contributed by atoms with Gasteiger partial charge in [-0.3, -0.25) is 4.79 Å². The van der Waals surface area contributed by atoms with Crippen LogP contribution in [0.25, 0.3) is 11.1 Å². The van der Waals surface area contributed by atoms with Gasteiger partial charge in [0.1, 0.15) is 12.2 Å². The maximum atomic E-state index is 12.8. The summed E-state index contributed by atoms with van der Waals surface area (Å²) in [6, 6.07) is 16.4. The van der Waals surface area contributed by atoms with E-state index in [-0.39, 0.29) is 44.6 Å². The average molecular weight is 569 g/mol. The zero-order valence-corrected chi connectivity index (χ0v) is 24.9. The van der Waals surface area contributed by atoms with E-state index in [1.54, 1.807) is 11.9 Å². The Labute approximate surface area is 243 Å². The minimum absolute atomic E-state index is 0.00481. The topological polar surface area (TPSA) is 109 Å². The van der Waals surface area contributed by atoms with Crippen molar-refractivity contribution >= 4 is 18.1 Å². The number of nitrogens with zero attached hydrogens (tertiary/aromatic N) is 2. The highest BCUT2D eigenvalue weighted by molar-refractivity contribution is 5.79. The van der Waals surface area contributed by atoms with Crippen molar-refractivity contribution < 1.29 is 28.6 Å². The van der Waals surface area contributed by atoms with Crippen LogP contribution in [-0.2, 0) is 19.0 Å². The second-order valence-corrected chi connectivity index (χ2v) is 11.0. The lowest BCUT2D eigenvalue weighted by Crippen LogP contribution is -2.43. The van der Waals surface area contributed by atoms with Gasteiger partial charge in [0.15, 0.2) is 0 Å². The van der Waals surface area contributed by atoms with E-state index >= 15 is 0 Å². The Bertz CT molecular complexity index is 1120. The number of benzene rings is 2. The standard InChI is InChI=1S/C31H44N4O6/c1-31(2,3)41-30(38)34(5)18-19-35(17-15-32-4)28(36)14-20-39-21-16-33-29(37)40-22-27-25-12-8-6-10-23(25)24-11-7-9-13-26(24)27/h6-13,27,32H,14-22H2,1-5H3,(H,33,37). The highest BCUT2D eigenvalue weighted by atomic mass is 16.6. The number of amides is 3. The number of fused-ring (bicyclic) bond motifs is 3. The maximum Gasteiger partial charge on any atom is 0.410 e. The van der Waals surface area contributed by atoms with Crippen molar-refractivity contribution in [3.63, 3.8) is 0 Å². The van der Waals surface area contributed by atoms with Gasteiger partial charge in [0.2, 0.25) is 5.91 Å². The summed E-state index contributed by atoms with van der Waals surface area (Å²) < 4.78 is 16.5. The molecule has 10 nitrogen and oxygen atoms in total. The summed E-state index contributed by atoms with van der Waals surface area (Å²) in [5.41, 5.74) is 4.11. The highest BCUT2D eigenvalue weighted by Crippen LogP contribution is 2.44. The molecule has 1 aliphatic rings. The lowest BCUT2D eigenvalue weighted by molar-refractivity contribution is -0.132. The maximum absolute atomic E-state index is 12.8. The van der Waals surface area contributed by atoms with E-state index in [1.807, 2.05) is 52.1 Å². The first-order valence-corrected chi connectivity index (χ1v) is 14.1. The van der Waals surface area contributed by atoms with Gasteiger partial charge in [0.25, 0.3) is 0 Å². The number of carbonyl (C=O) groups excluding carboxylic acids is 3. The lowest BCUT2D eigenvalue weighted by atomic mass is 9.98. The Morgan fingerprint density at radius 2 is 1.51 bits per heavy atom. The van der Waals surface area contributed by atoms with Gasteiger partial charge in [-0.25, -0.2) is 9.59 Å². The average Bonchev–Trinajstić information content (AvgIpc) is 3.26. The Balaban J connectivity index is 1.34. The molecule has 0 saturated heterocycles. The molecule has 0 fully saturated rings. The Kier molecular flexibility index (Phi) is 12.0. The van der Waals surface area contributed by atoms with Crippen LogP contribution in [0.3, 0.4) is 0 Å². The zero-order valence-electron chi connectivity index (χ0n) is 24.9. The van der Waals surface area contributed by atoms with Gasteiger partial charge in [-0.05, 0) is 50.1 Å². The Morgan fingerprint density at radius 1 is 0.878 bits per heavy atom. The summed E-state index contributed by atoms with van der Waals surface area (Å²) in [4.78, 5) is 40.5. The molecule has 0 spiro atoms. The van der Waals surface area contributed by atoms with Gasteiger partial charge in [0.05, 0.1) is 19.6 Å². The first-order chi connectivity index (χ1) is 19.6. The minimum Gasteiger partial charge on any atom is -0.449 e. The van der Waals surface area contributed by atoms with E-state index in [4.69, 9.17) is 14.2 Å². The SMILES string of the molecule is CNCCN(CCN(C)C(=O)OC(C)(C)C)C(=O)CCOCCNC(=O)OCC1c2ccccc2-c2ccccc21. The number of nitrogens with one attached hydrogen (secondary N) is 2. The van der Waals surface area contributed by atoms with Crippen molar-refractivity contribution in [2.24, 2.45) is 0 Å². The number of ether oxygens (including phenoxy) is 3. The third-order valence-electron chi connectivity index (χ3n) is 6.71. The third kappa shape index (κ3) is 9.75. The van der Waals surface area contributed by atoms with Crippen LogP contribution in [0.15, 0.2) is 48.5 Å². The van der Waals surface area contributed by atoms with E-state index in [9.17, 15) is 14.4 Å². The van der Waals surface area contributed by atoms with Crippen molar-refractivity contribution in [3.05, 3.63) is 59.7 Å². The van der Waals surface area contributed by atoms with Crippen LogP contribution in [-0.4, -0.2) is 100 Å². The molecule has 0 bridgehead atoms. The molecule has 0 heterocycles. The van der Waals surface area contributed by atoms with Crippen molar-refractivity contribution in [3.8, 4) is 11.1 Å². The second kappa shape index (κ2) is 15.4. The molecule has 2 aromatic rings. The number of likely N-dealkylation sites (N-methyl/N-ethyl adjacent to an activating group) is 2. The molecule has 0 radical (unpaired) electrons. The monoisotopic (exact) mass is 568 g/mol. The molecule has 0 atom stereocenters. The van der Waals surface area contributed by atoms with Crippen LogP contribution >= 0.6 is 0 Å². The minimum atomic E-state index is -0.579. The van der Waals surface area contributed by atoms with Gasteiger partial charge < -0.3 is 34.6 Å². The van der Waals surface area contributed by atoms with Gasteiger partial charge >= 0.3 is 12.2 Å². The molecule has 10 heteroatoms. The van der Waals surface area contributed by atoms with Crippen molar-refractivity contribution in [2.45, 2.75) is 38.7 Å². The van der Waals surface area contributed by atoms with E-state index in [2.05, 4.69) is 34.9 Å². The van der Waals surface area contributed by atoms with E-state index in [0.29, 0.717) is 26.2 Å². The normalized spacial score (nSPS) is 12.3. The first-order valence-electron chi connectivity index (χ1n) is 14.1. The summed E-state index contributed by atoms with van der Waals surface area (Å²) in [7, 11) is 3.48. The molecule has 1 aliphatic carbocycles. The summed E-state index contributed by atoms with van der Waals surface area (Å²) in [6.07, 6.45) is -0.727. The molecule has 0 aliphatic heterocycles. The molecular weight excluding hydrogens is 524 g/mol. The van der Waals surface area contributed by atoms with Crippen LogP contribution in [0.1, 0.15) is 44.2 Å². The van der Waals surface area contributed by atoms with Crippen molar-refractivity contribution in [1.29, 1.82) is 0 Å². The van der Waals surface area contributed by atoms with E-state index in [1.165, 1.54) is 16.0 Å². The molecule has 2 aromatic carbocycles. The summed E-state index contributed by atoms with van der Waals surface area (Å²) >= 11 is 0. The Hall–Kier alpha value is -3.63. The van der Waals surface area contributed by atoms with Crippen LogP contribution in [0, 0.1) is 0 Å². The van der Waals surface area contributed by atoms with Gasteiger partial charge in [0, 0.05) is 45.7 Å². The molecule has 0 saturated carbocycles. The van der Waals surface area contributed by atoms with E-state index < -0.39 is 17.8 Å². The predicted molar refractivity (Wildman–Crippen MR) is 158 cm³/mol. The number of rotatable bonds is 14. The molecule has 41 heavy (non-hydrogen) atoms. The number of hydrogen-bond acceptors (Lipinski definition) is 7. The predicted octanol–water partition coefficient (Wildman–Crippen LogP) is 3.85. The first kappa shape index (κ1) is 31.9. The molecule has 224 valence electrons. The molecule has 0 unspecified atom stereocenters. The molecule has 2 N–H and O–H groups in total. The zero-order chi connectivity index (χ0) is 29.8. The number of hydrogen-bond donors (Lipinski definition) is 2. The quantitative estimate of drug-likeness (QED) is 0.333. The fraction of sp³-hybridized carbons (Fsp3) is 0.516. The fourth-order valence-corrected chi connectivity index (χ4v) is 4.60. The molecule has 3 amide bonds. The summed E-state index contributed by atoms with van der Waals surface area (Å²) in [5.74, 6) is -0.0625. The fourth-order valence-electron chi connectivity index (χ4n) is 4.60. The van der Waals surface area contributed by atoms with Gasteiger partial charge in [-0.1, -0.05) is 48.5 Å². The van der Waals surface area contributed by atoms with Gasteiger partial charge in [-0.2, -0.15) is 0 Å². The number of alkyl carbamates (subject to hydrolysis) is 1. The Morgan fingerprint density at radius 3 is 2.12 bits per heavy atom. The third-order valence-corrected chi connectivity index (χ3v) is 6.71. The van der Waals surface area contributed by atoms with Crippen LogP contribution in [0.4, 0.5) is 9.59 Å². The second-order valence-electron chi connectivity index (χ2n) is 11.0. The van der Waals surface area contributed by atoms with Crippen LogP contribution in [0.2, 0.25) is 0 Å². The van der Waals surface area contributed by atoms with Crippen molar-refractivity contribution in [1.82, 2.24) is 20.4 Å². The number of carbonyl (C=O) groups is 3. The largest absolute Gasteiger partial charge is 0.449 e. The van der Waals surface area contributed by atoms with Crippen LogP contribution in [0.5, 0.6) is 0 Å². The summed E-state index contributed by atoms with van der Waals surface area (Å²) in [5, 5.41) is 5.76. The molecular formula is C31H44N4O6. The lowest BCUT2D eigenvalue weighted by Gasteiger charge is -2.28. The van der Waals surface area contributed by atoms with Crippen LogP contribution < -0.4 is 10.6 Å². The van der Waals surface area contributed by atoms with Gasteiger partial charge in [-0.15, -0.1) is 0 Å². The van der Waals surface area contributed by atoms with Crippen molar-refractivity contribution in [2.75, 3.05) is 66.6 Å². The smallest absolute Gasteiger partial charge is 0.410 e. The van der Waals surface area contributed by atoms with E-state index in [0.717, 1.165) is 11.1 Å².